The van der Waals surface area contributed by atoms with Crippen molar-refractivity contribution in [3.63, 3.8) is 0 Å². The van der Waals surface area contributed by atoms with Crippen LogP contribution in [0.2, 0.25) is 0 Å². The Morgan fingerprint density at radius 3 is 2.57 bits per heavy atom. The molecule has 1 amide bonds. The van der Waals surface area contributed by atoms with E-state index < -0.39 is 32.8 Å². The van der Waals surface area contributed by atoms with E-state index in [9.17, 15) is 27.9 Å². The molecule has 1 aromatic heterocycles. The molecule has 0 aliphatic carbocycles. The number of nitrogens with zero attached hydrogens (tertiary/aromatic N) is 1. The van der Waals surface area contributed by atoms with Crippen LogP contribution in [0.25, 0.3) is 17.0 Å². The number of nitrogens with one attached hydrogen (secondary N) is 1. The van der Waals surface area contributed by atoms with Crippen LogP contribution in [0.5, 0.6) is 0 Å². The predicted molar refractivity (Wildman–Crippen MR) is 102 cm³/mol. The first-order valence-corrected chi connectivity index (χ1v) is 9.59. The fourth-order valence-corrected chi connectivity index (χ4v) is 4.24. The molecule has 2 N–H and O–H groups in total. The van der Waals surface area contributed by atoms with Gasteiger partial charge in [-0.2, -0.15) is 0 Å². The first-order valence-electron chi connectivity index (χ1n) is 8.04. The molecule has 0 spiro atoms. The molecule has 9 heteroatoms. The van der Waals surface area contributed by atoms with E-state index in [0.29, 0.717) is 5.56 Å². The molecule has 8 nitrogen and oxygen atoms in total. The molecular formula is C19H12N2O6S. The minimum Gasteiger partial charge on any atom is -0.477 e. The molecule has 0 atom stereocenters. The number of pyridine rings is 1. The maximum atomic E-state index is 12.8. The molecule has 140 valence electrons. The molecule has 28 heavy (non-hydrogen) atoms. The number of hydrogen-bond donors (Lipinski definition) is 2. The number of sulfone groups is 1. The van der Waals surface area contributed by atoms with Crippen LogP contribution < -0.4 is 10.7 Å². The van der Waals surface area contributed by atoms with Gasteiger partial charge in [0, 0.05) is 22.7 Å². The van der Waals surface area contributed by atoms with Gasteiger partial charge < -0.3 is 10.4 Å². The Morgan fingerprint density at radius 1 is 1.07 bits per heavy atom. The first-order chi connectivity index (χ1) is 13.3. The van der Waals surface area contributed by atoms with Gasteiger partial charge in [0.2, 0.25) is 15.3 Å². The minimum absolute atomic E-state index is 0.0706. The van der Waals surface area contributed by atoms with Crippen molar-refractivity contribution in [2.24, 2.45) is 0 Å². The third kappa shape index (κ3) is 2.78. The summed E-state index contributed by atoms with van der Waals surface area (Å²) in [6, 6.07) is 9.80. The maximum absolute atomic E-state index is 12.8. The van der Waals surface area contributed by atoms with Crippen molar-refractivity contribution in [1.82, 2.24) is 4.57 Å². The monoisotopic (exact) mass is 396 g/mol. The van der Waals surface area contributed by atoms with Crippen LogP contribution >= 0.6 is 0 Å². The largest absolute Gasteiger partial charge is 0.477 e. The van der Waals surface area contributed by atoms with Crippen molar-refractivity contribution in [1.29, 1.82) is 0 Å². The summed E-state index contributed by atoms with van der Waals surface area (Å²) in [4.78, 5) is 36.5. The van der Waals surface area contributed by atoms with Crippen LogP contribution in [0.4, 0.5) is 10.5 Å². The highest BCUT2D eigenvalue weighted by atomic mass is 32.2. The van der Waals surface area contributed by atoms with Gasteiger partial charge in [0.1, 0.15) is 5.56 Å². The van der Waals surface area contributed by atoms with E-state index in [1.54, 1.807) is 18.2 Å². The lowest BCUT2D eigenvalue weighted by atomic mass is 10.1. The summed E-state index contributed by atoms with van der Waals surface area (Å²) in [5, 5.41) is 13.0. The van der Waals surface area contributed by atoms with Gasteiger partial charge in [-0.15, -0.1) is 0 Å². The highest BCUT2D eigenvalue weighted by molar-refractivity contribution is 7.94. The molecule has 4 rings (SSSR count). The number of fused-ring (bicyclic) bond motifs is 2. The van der Waals surface area contributed by atoms with Gasteiger partial charge >= 0.3 is 12.0 Å². The summed E-state index contributed by atoms with van der Waals surface area (Å²) in [5.41, 5.74) is -0.280. The molecule has 0 saturated carbocycles. The summed E-state index contributed by atoms with van der Waals surface area (Å²) >= 11 is 0. The summed E-state index contributed by atoms with van der Waals surface area (Å²) in [7, 11) is -3.54. The van der Waals surface area contributed by atoms with Gasteiger partial charge in [0.25, 0.3) is 0 Å². The Labute approximate surface area is 158 Å². The van der Waals surface area contributed by atoms with E-state index in [1.807, 2.05) is 0 Å². The third-order valence-electron chi connectivity index (χ3n) is 4.36. The Hall–Kier alpha value is -3.72. The lowest BCUT2D eigenvalue weighted by Gasteiger charge is -2.13. The van der Waals surface area contributed by atoms with Crippen molar-refractivity contribution in [2.45, 2.75) is 4.90 Å². The summed E-state index contributed by atoms with van der Waals surface area (Å²) in [5.74, 6) is -1.45. The lowest BCUT2D eigenvalue weighted by molar-refractivity contribution is 0.0695. The number of benzene rings is 2. The van der Waals surface area contributed by atoms with E-state index in [-0.39, 0.29) is 21.5 Å². The highest BCUT2D eigenvalue weighted by Gasteiger charge is 2.22. The minimum atomic E-state index is -3.54. The summed E-state index contributed by atoms with van der Waals surface area (Å²) < 4.78 is 25.0. The SMILES string of the molecule is O=C(O)c1cn(C(=O)Nc2ccc3c(c2)S(=O)(=O)C=C3)c2ccccc2c1=O. The summed E-state index contributed by atoms with van der Waals surface area (Å²) in [6.07, 6.45) is 2.42. The van der Waals surface area contributed by atoms with E-state index in [2.05, 4.69) is 5.32 Å². The van der Waals surface area contributed by atoms with Crippen LogP contribution in [-0.2, 0) is 9.84 Å². The number of rotatable bonds is 2. The molecule has 2 aromatic carbocycles. The quantitative estimate of drug-likeness (QED) is 0.686. The molecule has 1 aliphatic rings. The van der Waals surface area contributed by atoms with Crippen molar-refractivity contribution in [3.8, 4) is 0 Å². The average Bonchev–Trinajstić information content (AvgIpc) is 2.96. The number of carboxylic acids is 1. The number of aromatic nitrogens is 1. The second kappa shape index (κ2) is 6.17. The van der Waals surface area contributed by atoms with Crippen molar-refractivity contribution < 1.29 is 23.1 Å². The van der Waals surface area contributed by atoms with Gasteiger partial charge in [-0.1, -0.05) is 18.2 Å². The number of carbonyl (C=O) groups excluding carboxylic acids is 1. The van der Waals surface area contributed by atoms with Gasteiger partial charge in [-0.05, 0) is 35.9 Å². The zero-order chi connectivity index (χ0) is 20.1. The summed E-state index contributed by atoms with van der Waals surface area (Å²) in [6.45, 7) is 0. The third-order valence-corrected chi connectivity index (χ3v) is 5.82. The molecule has 0 radical (unpaired) electrons. The van der Waals surface area contributed by atoms with Crippen LogP contribution in [0.1, 0.15) is 15.9 Å². The Morgan fingerprint density at radius 2 is 1.82 bits per heavy atom. The molecule has 0 bridgehead atoms. The van der Waals surface area contributed by atoms with Crippen LogP contribution in [0.15, 0.2) is 63.8 Å². The molecule has 2 heterocycles. The van der Waals surface area contributed by atoms with Gasteiger partial charge in [-0.3, -0.25) is 9.36 Å². The fourth-order valence-electron chi connectivity index (χ4n) is 3.01. The number of carboxylic acid groups (broad SMARTS) is 1. The second-order valence-electron chi connectivity index (χ2n) is 6.09. The standard InChI is InChI=1S/C19H12N2O6S/c22-17-13-3-1-2-4-15(13)21(10-14(17)18(23)24)19(25)20-12-6-5-11-7-8-28(26,27)16(11)9-12/h1-10H,(H,20,25)(H,23,24). The van der Waals surface area contributed by atoms with Crippen molar-refractivity contribution >= 4 is 44.5 Å². The Bertz CT molecular complexity index is 1370. The van der Waals surface area contributed by atoms with Gasteiger partial charge in [-0.25, -0.2) is 18.0 Å². The average molecular weight is 396 g/mol. The molecule has 1 aliphatic heterocycles. The Balaban J connectivity index is 1.80. The van der Waals surface area contributed by atoms with Crippen LogP contribution in [-0.4, -0.2) is 30.1 Å². The van der Waals surface area contributed by atoms with E-state index in [0.717, 1.165) is 16.2 Å². The van der Waals surface area contributed by atoms with E-state index >= 15 is 0 Å². The van der Waals surface area contributed by atoms with Gasteiger partial charge in [0.15, 0.2) is 0 Å². The molecular weight excluding hydrogens is 384 g/mol. The Kier molecular flexibility index (Phi) is 3.90. The molecule has 0 unspecified atom stereocenters. The topological polar surface area (TPSA) is 123 Å². The van der Waals surface area contributed by atoms with Gasteiger partial charge in [0.05, 0.1) is 10.4 Å². The smallest absolute Gasteiger partial charge is 0.341 e. The zero-order valence-corrected chi connectivity index (χ0v) is 14.9. The number of amides is 1. The number of anilines is 1. The number of aromatic carboxylic acids is 1. The molecule has 0 fully saturated rings. The van der Waals surface area contributed by atoms with Crippen LogP contribution in [0.3, 0.4) is 0 Å². The normalized spacial score (nSPS) is 14.0. The highest BCUT2D eigenvalue weighted by Crippen LogP contribution is 2.29. The zero-order valence-electron chi connectivity index (χ0n) is 14.1. The van der Waals surface area contributed by atoms with E-state index in [1.165, 1.54) is 30.3 Å². The molecule has 0 saturated heterocycles. The second-order valence-corrected chi connectivity index (χ2v) is 7.90. The fraction of sp³-hybridized carbons (Fsp3) is 0. The lowest BCUT2D eigenvalue weighted by Crippen LogP contribution is -2.25. The number of hydrogen-bond acceptors (Lipinski definition) is 5. The molecule has 3 aromatic rings. The van der Waals surface area contributed by atoms with E-state index in [4.69, 9.17) is 0 Å². The van der Waals surface area contributed by atoms with Crippen molar-refractivity contribution in [3.05, 3.63) is 75.4 Å². The van der Waals surface area contributed by atoms with Crippen LogP contribution in [0, 0.1) is 0 Å². The van der Waals surface area contributed by atoms with Crippen molar-refractivity contribution in [2.75, 3.05) is 5.32 Å². The predicted octanol–water partition coefficient (Wildman–Crippen LogP) is 2.54. The first kappa shape index (κ1) is 17.7. The number of carbonyl (C=O) groups is 2. The maximum Gasteiger partial charge on any atom is 0.341 e. The number of para-hydroxylation sites is 1.